The number of carbonyl (C=O) groups excluding carboxylic acids is 1. The van der Waals surface area contributed by atoms with Crippen LogP contribution in [0.15, 0.2) is 65.8 Å². The minimum absolute atomic E-state index is 0.170. The number of hydrogen-bond donors (Lipinski definition) is 2. The van der Waals surface area contributed by atoms with Crippen molar-refractivity contribution in [3.05, 3.63) is 83.2 Å². The molecular weight excluding hydrogens is 336 g/mol. The first-order chi connectivity index (χ1) is 13.0. The molecule has 1 heterocycles. The number of amides is 1. The topological polar surface area (TPSA) is 58.4 Å². The van der Waals surface area contributed by atoms with Gasteiger partial charge in [-0.1, -0.05) is 35.9 Å². The summed E-state index contributed by atoms with van der Waals surface area (Å²) in [5, 5.41) is 7.15. The molecule has 1 amide bonds. The molecule has 2 N–H and O–H groups in total. The van der Waals surface area contributed by atoms with Crippen molar-refractivity contribution in [3.8, 4) is 5.69 Å². The fourth-order valence-electron chi connectivity index (χ4n) is 2.96. The Morgan fingerprint density at radius 2 is 1.74 bits per heavy atom. The van der Waals surface area contributed by atoms with Crippen LogP contribution in [0, 0.1) is 20.8 Å². The molecule has 1 aromatic heterocycles. The Morgan fingerprint density at radius 3 is 2.44 bits per heavy atom. The minimum Gasteiger partial charge on any atom is -0.376 e. The number of carbonyl (C=O) groups is 1. The zero-order valence-electron chi connectivity index (χ0n) is 15.9. The molecule has 0 saturated carbocycles. The third-order valence-corrected chi connectivity index (χ3v) is 4.38. The van der Waals surface area contributed by atoms with Crippen molar-refractivity contribution in [2.75, 3.05) is 11.9 Å². The van der Waals surface area contributed by atoms with Crippen molar-refractivity contribution in [1.29, 1.82) is 0 Å². The van der Waals surface area contributed by atoms with Gasteiger partial charge in [-0.2, -0.15) is 5.10 Å². The van der Waals surface area contributed by atoms with Crippen LogP contribution in [0.4, 0.5) is 5.69 Å². The molecule has 0 saturated heterocycles. The van der Waals surface area contributed by atoms with E-state index in [1.165, 1.54) is 5.56 Å². The summed E-state index contributed by atoms with van der Waals surface area (Å²) in [6.07, 6.45) is 1.69. The molecule has 2 aromatic carbocycles. The monoisotopic (exact) mass is 360 g/mol. The van der Waals surface area contributed by atoms with Crippen LogP contribution in [0.25, 0.3) is 5.69 Å². The number of hydrazone groups is 1. The number of para-hydroxylation sites is 1. The van der Waals surface area contributed by atoms with Crippen LogP contribution in [-0.2, 0) is 4.79 Å². The summed E-state index contributed by atoms with van der Waals surface area (Å²) in [5.41, 5.74) is 8.99. The molecule has 0 unspecified atom stereocenters. The molecular formula is C22H24N4O. The molecule has 0 aliphatic carbocycles. The molecule has 0 bridgehead atoms. The highest BCUT2D eigenvalue weighted by molar-refractivity contribution is 5.85. The lowest BCUT2D eigenvalue weighted by Gasteiger charge is -2.09. The van der Waals surface area contributed by atoms with Crippen molar-refractivity contribution in [2.45, 2.75) is 20.8 Å². The highest BCUT2D eigenvalue weighted by atomic mass is 16.2. The Labute approximate surface area is 159 Å². The van der Waals surface area contributed by atoms with Crippen molar-refractivity contribution in [3.63, 3.8) is 0 Å². The predicted octanol–water partition coefficient (Wildman–Crippen LogP) is 3.96. The van der Waals surface area contributed by atoms with Crippen LogP contribution in [0.3, 0.4) is 0 Å². The second-order valence-electron chi connectivity index (χ2n) is 6.51. The molecule has 5 heteroatoms. The molecule has 0 spiro atoms. The second-order valence-corrected chi connectivity index (χ2v) is 6.51. The van der Waals surface area contributed by atoms with Gasteiger partial charge in [0.05, 0.1) is 12.8 Å². The summed E-state index contributed by atoms with van der Waals surface area (Å²) in [6.45, 7) is 6.36. The van der Waals surface area contributed by atoms with Gasteiger partial charge in [0.2, 0.25) is 0 Å². The largest absolute Gasteiger partial charge is 0.376 e. The first-order valence-corrected chi connectivity index (χ1v) is 8.91. The van der Waals surface area contributed by atoms with E-state index in [0.717, 1.165) is 28.3 Å². The molecule has 0 radical (unpaired) electrons. The Hall–Kier alpha value is -3.34. The van der Waals surface area contributed by atoms with Gasteiger partial charge in [0.15, 0.2) is 0 Å². The number of hydrogen-bond acceptors (Lipinski definition) is 3. The average molecular weight is 360 g/mol. The van der Waals surface area contributed by atoms with E-state index in [1.54, 1.807) is 6.21 Å². The normalized spacial score (nSPS) is 10.9. The summed E-state index contributed by atoms with van der Waals surface area (Å²) in [7, 11) is 0. The Bertz CT molecular complexity index is 940. The number of aromatic nitrogens is 1. The van der Waals surface area contributed by atoms with E-state index < -0.39 is 0 Å². The van der Waals surface area contributed by atoms with E-state index in [0.29, 0.717) is 0 Å². The summed E-state index contributed by atoms with van der Waals surface area (Å²) in [4.78, 5) is 11.9. The van der Waals surface area contributed by atoms with Crippen molar-refractivity contribution in [1.82, 2.24) is 9.99 Å². The summed E-state index contributed by atoms with van der Waals surface area (Å²) >= 11 is 0. The Balaban J connectivity index is 1.63. The van der Waals surface area contributed by atoms with Gasteiger partial charge in [-0.25, -0.2) is 5.43 Å². The zero-order chi connectivity index (χ0) is 19.2. The fourth-order valence-corrected chi connectivity index (χ4v) is 2.96. The smallest absolute Gasteiger partial charge is 0.259 e. The van der Waals surface area contributed by atoms with Crippen LogP contribution in [0.5, 0.6) is 0 Å². The fraction of sp³-hybridized carbons (Fsp3) is 0.182. The standard InChI is InChI=1S/C22H24N4O/c1-16-9-11-21(12-10-16)26-17(2)13-19(18(26)3)14-24-25-22(27)15-23-20-7-5-4-6-8-20/h4-14,23H,15H2,1-3H3,(H,25,27)/b24-14-. The maximum absolute atomic E-state index is 11.9. The molecule has 5 nitrogen and oxygen atoms in total. The first kappa shape index (κ1) is 18.5. The van der Waals surface area contributed by atoms with E-state index in [1.807, 2.05) is 37.3 Å². The van der Waals surface area contributed by atoms with E-state index in [-0.39, 0.29) is 12.5 Å². The Morgan fingerprint density at radius 1 is 1.04 bits per heavy atom. The maximum Gasteiger partial charge on any atom is 0.259 e. The third-order valence-electron chi connectivity index (χ3n) is 4.38. The molecule has 0 atom stereocenters. The van der Waals surface area contributed by atoms with Crippen molar-refractivity contribution >= 4 is 17.8 Å². The SMILES string of the molecule is Cc1ccc(-n2c(C)cc(/C=N\NC(=O)CNc3ccccc3)c2C)cc1. The van der Waals surface area contributed by atoms with Gasteiger partial charge in [-0.15, -0.1) is 0 Å². The quantitative estimate of drug-likeness (QED) is 0.516. The summed E-state index contributed by atoms with van der Waals surface area (Å²) < 4.78 is 2.18. The number of rotatable bonds is 6. The molecule has 3 aromatic rings. The number of aryl methyl sites for hydroxylation is 2. The lowest BCUT2D eigenvalue weighted by atomic mass is 10.2. The minimum atomic E-state index is -0.192. The third kappa shape index (κ3) is 4.64. The van der Waals surface area contributed by atoms with Gasteiger partial charge in [0.25, 0.3) is 5.91 Å². The lowest BCUT2D eigenvalue weighted by Crippen LogP contribution is -2.25. The molecule has 3 rings (SSSR count). The second kappa shape index (κ2) is 8.36. The molecule has 27 heavy (non-hydrogen) atoms. The number of nitrogens with one attached hydrogen (secondary N) is 2. The predicted molar refractivity (Wildman–Crippen MR) is 111 cm³/mol. The average Bonchev–Trinajstić information content (AvgIpc) is 2.95. The van der Waals surface area contributed by atoms with E-state index in [2.05, 4.69) is 64.6 Å². The van der Waals surface area contributed by atoms with Crippen LogP contribution >= 0.6 is 0 Å². The van der Waals surface area contributed by atoms with Gasteiger partial charge < -0.3 is 9.88 Å². The molecule has 0 fully saturated rings. The van der Waals surface area contributed by atoms with Crippen LogP contribution < -0.4 is 10.7 Å². The number of anilines is 1. The van der Waals surface area contributed by atoms with Crippen molar-refractivity contribution in [2.24, 2.45) is 5.10 Å². The number of nitrogens with zero attached hydrogens (tertiary/aromatic N) is 2. The number of benzene rings is 2. The van der Waals surface area contributed by atoms with Gasteiger partial charge >= 0.3 is 0 Å². The molecule has 138 valence electrons. The highest BCUT2D eigenvalue weighted by Gasteiger charge is 2.09. The van der Waals surface area contributed by atoms with Gasteiger partial charge in [0, 0.05) is 28.3 Å². The summed E-state index contributed by atoms with van der Waals surface area (Å²) in [5.74, 6) is -0.192. The van der Waals surface area contributed by atoms with Crippen LogP contribution in [0.2, 0.25) is 0 Å². The van der Waals surface area contributed by atoms with Gasteiger partial charge in [0.1, 0.15) is 0 Å². The van der Waals surface area contributed by atoms with E-state index in [9.17, 15) is 4.79 Å². The first-order valence-electron chi connectivity index (χ1n) is 8.91. The Kier molecular flexibility index (Phi) is 5.71. The van der Waals surface area contributed by atoms with Crippen molar-refractivity contribution < 1.29 is 4.79 Å². The van der Waals surface area contributed by atoms with E-state index in [4.69, 9.17) is 0 Å². The molecule has 0 aliphatic rings. The maximum atomic E-state index is 11.9. The highest BCUT2D eigenvalue weighted by Crippen LogP contribution is 2.20. The zero-order valence-corrected chi connectivity index (χ0v) is 15.9. The van der Waals surface area contributed by atoms with Crippen LogP contribution in [-0.4, -0.2) is 23.2 Å². The van der Waals surface area contributed by atoms with E-state index >= 15 is 0 Å². The van der Waals surface area contributed by atoms with Crippen LogP contribution in [0.1, 0.15) is 22.5 Å². The van der Waals surface area contributed by atoms with Gasteiger partial charge in [-0.05, 0) is 51.1 Å². The molecule has 0 aliphatic heterocycles. The summed E-state index contributed by atoms with van der Waals surface area (Å²) in [6, 6.07) is 20.1. The van der Waals surface area contributed by atoms with Gasteiger partial charge in [-0.3, -0.25) is 4.79 Å². The lowest BCUT2D eigenvalue weighted by molar-refractivity contribution is -0.119.